The highest BCUT2D eigenvalue weighted by Crippen LogP contribution is 2.53. The lowest BCUT2D eigenvalue weighted by Gasteiger charge is -2.46. The van der Waals surface area contributed by atoms with E-state index in [4.69, 9.17) is 0 Å². The quantitative estimate of drug-likeness (QED) is 0.160. The highest BCUT2D eigenvalue weighted by Gasteiger charge is 2.49. The Morgan fingerprint density at radius 2 is 0.700 bits per heavy atom. The van der Waals surface area contributed by atoms with E-state index in [0.29, 0.717) is 0 Å². The number of aromatic nitrogens is 2. The molecular weight excluding hydrogens is 989 g/mol. The van der Waals surface area contributed by atoms with Gasteiger partial charge < -0.3 is 23.8 Å². The van der Waals surface area contributed by atoms with Gasteiger partial charge in [0.1, 0.15) is 0 Å². The first kappa shape index (κ1) is 44.1. The van der Waals surface area contributed by atoms with Gasteiger partial charge in [-0.1, -0.05) is 187 Å². The minimum absolute atomic E-state index is 0.0574. The smallest absolute Gasteiger partial charge is 0.252 e. The summed E-state index contributed by atoms with van der Waals surface area (Å²) in [6.45, 7) is -0.178. The molecule has 0 N–H and O–H groups in total. The zero-order chi connectivity index (χ0) is 52.2. The van der Waals surface area contributed by atoms with E-state index in [1.807, 2.05) is 11.8 Å². The Balaban J connectivity index is 1.01. The van der Waals surface area contributed by atoms with Gasteiger partial charge in [0.15, 0.2) is 0 Å². The molecule has 4 aliphatic rings. The molecule has 80 heavy (non-hydrogen) atoms. The highest BCUT2D eigenvalue weighted by molar-refractivity contribution is 8.00. The third-order valence-corrected chi connectivity index (χ3v) is 18.7. The lowest BCUT2D eigenvalue weighted by Crippen LogP contribution is -2.64. The number of nitrogens with zero attached hydrogens (tertiary/aromatic N) is 5. The summed E-state index contributed by atoms with van der Waals surface area (Å²) in [5.41, 5.74) is 25.4. The lowest BCUT2D eigenvalue weighted by molar-refractivity contribution is 1.17. The molecule has 0 radical (unpaired) electrons. The largest absolute Gasteiger partial charge is 0.311 e. The molecule has 0 aliphatic carbocycles. The number of hydrogen-bond acceptors (Lipinski definition) is 4. The number of para-hydroxylation sites is 8. The zero-order valence-electron chi connectivity index (χ0n) is 43.3. The van der Waals surface area contributed by atoms with Crippen molar-refractivity contribution in [2.24, 2.45) is 0 Å². The summed E-state index contributed by atoms with van der Waals surface area (Å²) in [4.78, 5) is 10.4. The van der Waals surface area contributed by atoms with Gasteiger partial charge in [-0.2, -0.15) is 0 Å². The van der Waals surface area contributed by atoms with Crippen LogP contribution in [0.1, 0.15) is 0 Å². The van der Waals surface area contributed by atoms with Crippen LogP contribution in [-0.4, -0.2) is 22.6 Å². The summed E-state index contributed by atoms with van der Waals surface area (Å²) in [6, 6.07) is 102. The molecule has 0 atom stereocenters. The average Bonchev–Trinajstić information content (AvgIpc) is 2.73. The number of benzene rings is 12. The molecule has 8 heteroatoms. The first-order valence-corrected chi connectivity index (χ1v) is 28.5. The van der Waals surface area contributed by atoms with Crippen LogP contribution in [0.25, 0.3) is 55.0 Å². The Kier molecular flexibility index (Phi) is 9.28. The van der Waals surface area contributed by atoms with Gasteiger partial charge in [0, 0.05) is 88.2 Å². The fraction of sp³-hybridized carbons (Fsp3) is 0. The SMILES string of the molecule is c1ccc(N2c3cc4c(cc3B3c5ccccc5Sc5c3c2cc2c5c3ccccc3n2-c2ccccc2)B2c3ccccc3N(c3ccccc3)c3c2c(cc2c3c3ccccc3n2-c2ccccc2)N4c2ccccc2)cc1. The van der Waals surface area contributed by atoms with Gasteiger partial charge in [-0.3, -0.25) is 0 Å². The van der Waals surface area contributed by atoms with E-state index in [-0.39, 0.29) is 13.4 Å². The van der Waals surface area contributed by atoms with E-state index in [0.717, 1.165) is 34.0 Å². The van der Waals surface area contributed by atoms with Gasteiger partial charge in [0.2, 0.25) is 6.71 Å². The van der Waals surface area contributed by atoms with Gasteiger partial charge >= 0.3 is 0 Å². The van der Waals surface area contributed by atoms with E-state index in [1.165, 1.54) is 115 Å². The first-order valence-electron chi connectivity index (χ1n) is 27.7. The van der Waals surface area contributed by atoms with E-state index in [1.54, 1.807) is 0 Å². The van der Waals surface area contributed by atoms with Crippen molar-refractivity contribution in [1.82, 2.24) is 9.13 Å². The third kappa shape index (κ3) is 6.00. The maximum absolute atomic E-state index is 2.65. The number of hydrogen-bond donors (Lipinski definition) is 0. The molecule has 14 aromatic rings. The lowest BCUT2D eigenvalue weighted by atomic mass is 9.30. The fourth-order valence-electron chi connectivity index (χ4n) is 14.4. The minimum Gasteiger partial charge on any atom is -0.311 e. The molecule has 0 amide bonds. The van der Waals surface area contributed by atoms with Crippen LogP contribution in [0, 0.1) is 0 Å². The minimum atomic E-state index is -0.120. The number of fused-ring (bicyclic) bond motifs is 16. The molecule has 6 heterocycles. The predicted octanol–water partition coefficient (Wildman–Crippen LogP) is 14.7. The molecule has 0 saturated carbocycles. The van der Waals surface area contributed by atoms with E-state index in [9.17, 15) is 0 Å². The molecule has 4 aliphatic heterocycles. The number of rotatable bonds is 5. The Morgan fingerprint density at radius 3 is 1.27 bits per heavy atom. The fourth-order valence-corrected chi connectivity index (χ4v) is 15.7. The standard InChI is InChI=1S/C72H45B2N5S/c1-6-24-46(25-7-1)75-57-38-20-16-34-51(57)67-62(75)44-64-69-71(67)79(50-32-14-5-15-33-50)59-40-22-18-36-53(59)73(69)55-42-56-61(43-60(55)77(64)48-28-10-3-11-29-48)78(49-30-12-4-13-31-49)65-45-63-68(72-70(65)74(56)54-37-19-23-41-66(54)80-72)52-35-17-21-39-58(52)76(63)47-26-8-2-9-27-47/h1-45H. The zero-order valence-corrected chi connectivity index (χ0v) is 44.1. The molecule has 0 spiro atoms. The maximum Gasteiger partial charge on any atom is 0.252 e. The van der Waals surface area contributed by atoms with Crippen molar-refractivity contribution in [2.75, 3.05) is 14.7 Å². The summed E-state index contributed by atoms with van der Waals surface area (Å²) in [5, 5.41) is 5.04. The van der Waals surface area contributed by atoms with Crippen LogP contribution in [0.5, 0.6) is 0 Å². The summed E-state index contributed by atoms with van der Waals surface area (Å²) in [6.07, 6.45) is 0. The number of anilines is 9. The van der Waals surface area contributed by atoms with Crippen molar-refractivity contribution in [3.63, 3.8) is 0 Å². The molecule has 2 aromatic heterocycles. The van der Waals surface area contributed by atoms with Crippen molar-refractivity contribution >= 4 is 153 Å². The van der Waals surface area contributed by atoms with E-state index < -0.39 is 0 Å². The van der Waals surface area contributed by atoms with Gasteiger partial charge in [0.05, 0.1) is 27.8 Å². The van der Waals surface area contributed by atoms with Gasteiger partial charge in [0.25, 0.3) is 6.71 Å². The van der Waals surface area contributed by atoms with Crippen molar-refractivity contribution in [3.05, 3.63) is 273 Å². The van der Waals surface area contributed by atoms with Crippen LogP contribution in [-0.2, 0) is 0 Å². The summed E-state index contributed by atoms with van der Waals surface area (Å²) >= 11 is 1.94. The predicted molar refractivity (Wildman–Crippen MR) is 339 cm³/mol. The Labute approximate surface area is 468 Å². The van der Waals surface area contributed by atoms with E-state index in [2.05, 4.69) is 297 Å². The van der Waals surface area contributed by atoms with Crippen molar-refractivity contribution in [1.29, 1.82) is 0 Å². The van der Waals surface area contributed by atoms with Crippen LogP contribution in [0.15, 0.2) is 283 Å². The van der Waals surface area contributed by atoms with Crippen LogP contribution < -0.4 is 47.5 Å². The van der Waals surface area contributed by atoms with Crippen LogP contribution in [0.4, 0.5) is 51.2 Å². The normalized spacial score (nSPS) is 13.6. The van der Waals surface area contributed by atoms with Crippen molar-refractivity contribution in [3.8, 4) is 11.4 Å². The summed E-state index contributed by atoms with van der Waals surface area (Å²) in [7, 11) is 0. The second-order valence-electron chi connectivity index (χ2n) is 21.5. The molecule has 12 aromatic carbocycles. The molecule has 5 nitrogen and oxygen atoms in total. The second kappa shape index (κ2) is 16.8. The molecule has 18 rings (SSSR count). The molecule has 0 saturated heterocycles. The molecule has 370 valence electrons. The monoisotopic (exact) mass is 1030 g/mol. The second-order valence-corrected chi connectivity index (χ2v) is 22.6. The topological polar surface area (TPSA) is 19.6 Å². The van der Waals surface area contributed by atoms with Crippen LogP contribution >= 0.6 is 11.8 Å². The highest BCUT2D eigenvalue weighted by atomic mass is 32.2. The Hall–Kier alpha value is -9.88. The molecular formula is C72H45B2N5S. The van der Waals surface area contributed by atoms with Gasteiger partial charge in [-0.05, 0) is 130 Å². The average molecular weight is 1030 g/mol. The third-order valence-electron chi connectivity index (χ3n) is 17.5. The molecule has 0 bridgehead atoms. The Bertz CT molecular complexity index is 4890. The maximum atomic E-state index is 2.65. The van der Waals surface area contributed by atoms with Crippen LogP contribution in [0.2, 0.25) is 0 Å². The van der Waals surface area contributed by atoms with Crippen molar-refractivity contribution in [2.45, 2.75) is 9.79 Å². The van der Waals surface area contributed by atoms with Crippen LogP contribution in [0.3, 0.4) is 0 Å². The summed E-state index contributed by atoms with van der Waals surface area (Å²) < 4.78 is 4.98. The van der Waals surface area contributed by atoms with Gasteiger partial charge in [-0.25, -0.2) is 0 Å². The Morgan fingerprint density at radius 1 is 0.275 bits per heavy atom. The van der Waals surface area contributed by atoms with E-state index >= 15 is 0 Å². The van der Waals surface area contributed by atoms with Crippen molar-refractivity contribution < 1.29 is 0 Å². The van der Waals surface area contributed by atoms with Gasteiger partial charge in [-0.15, -0.1) is 0 Å². The first-order chi connectivity index (χ1) is 39.8. The molecule has 0 unspecified atom stereocenters. The summed E-state index contributed by atoms with van der Waals surface area (Å²) in [5.74, 6) is 0. The molecule has 0 fully saturated rings.